The van der Waals surface area contributed by atoms with Gasteiger partial charge in [-0.3, -0.25) is 0 Å². The van der Waals surface area contributed by atoms with Crippen molar-refractivity contribution in [2.24, 2.45) is 17.8 Å². The predicted octanol–water partition coefficient (Wildman–Crippen LogP) is 6.33. The summed E-state index contributed by atoms with van der Waals surface area (Å²) in [4.78, 5) is 0. The summed E-state index contributed by atoms with van der Waals surface area (Å²) >= 11 is 0. The molecule has 2 atom stereocenters. The molecule has 1 aliphatic heterocycles. The first-order valence-corrected chi connectivity index (χ1v) is 10.4. The standard InChI is InChI=1S/C23H36O/c1-18-3-6-20(7-4-18)8-9-21-10-12-22(13-11-21)14-16-23-15-5-19(2)17-24-23/h3-4,6-7,19,21-23H,5,8-17H2,1-2H3. The molecule has 2 unspecified atom stereocenters. The minimum Gasteiger partial charge on any atom is -0.378 e. The molecule has 1 nitrogen and oxygen atoms in total. The van der Waals surface area contributed by atoms with Gasteiger partial charge in [0.25, 0.3) is 0 Å². The van der Waals surface area contributed by atoms with E-state index in [4.69, 9.17) is 4.74 Å². The van der Waals surface area contributed by atoms with Gasteiger partial charge in [0.2, 0.25) is 0 Å². The fourth-order valence-corrected chi connectivity index (χ4v) is 4.52. The smallest absolute Gasteiger partial charge is 0.0575 e. The van der Waals surface area contributed by atoms with Crippen LogP contribution in [0.25, 0.3) is 0 Å². The zero-order valence-corrected chi connectivity index (χ0v) is 15.8. The lowest BCUT2D eigenvalue weighted by atomic mass is 9.77. The van der Waals surface area contributed by atoms with E-state index < -0.39 is 0 Å². The zero-order valence-electron chi connectivity index (χ0n) is 15.8. The first-order chi connectivity index (χ1) is 11.7. The molecule has 0 spiro atoms. The highest BCUT2D eigenvalue weighted by molar-refractivity contribution is 5.21. The number of hydrogen-bond donors (Lipinski definition) is 0. The quantitative estimate of drug-likeness (QED) is 0.593. The summed E-state index contributed by atoms with van der Waals surface area (Å²) in [5.41, 5.74) is 2.89. The monoisotopic (exact) mass is 328 g/mol. The number of ether oxygens (including phenoxy) is 1. The lowest BCUT2D eigenvalue weighted by Gasteiger charge is -2.31. The molecule has 1 saturated heterocycles. The highest BCUT2D eigenvalue weighted by Gasteiger charge is 2.24. The second-order valence-electron chi connectivity index (χ2n) is 8.63. The van der Waals surface area contributed by atoms with Crippen LogP contribution in [0.2, 0.25) is 0 Å². The van der Waals surface area contributed by atoms with Crippen LogP contribution < -0.4 is 0 Å². The van der Waals surface area contributed by atoms with Crippen LogP contribution in [0.5, 0.6) is 0 Å². The van der Waals surface area contributed by atoms with Crippen LogP contribution in [0.3, 0.4) is 0 Å². The van der Waals surface area contributed by atoms with E-state index in [2.05, 4.69) is 38.1 Å². The van der Waals surface area contributed by atoms with Crippen molar-refractivity contribution in [3.8, 4) is 0 Å². The molecule has 2 fully saturated rings. The van der Waals surface area contributed by atoms with Crippen molar-refractivity contribution < 1.29 is 4.74 Å². The van der Waals surface area contributed by atoms with E-state index in [0.717, 1.165) is 24.4 Å². The molecule has 1 aromatic rings. The maximum absolute atomic E-state index is 6.00. The SMILES string of the molecule is Cc1ccc(CCC2CCC(CCC3CCC(C)CO3)CC2)cc1. The van der Waals surface area contributed by atoms with Crippen molar-refractivity contribution in [3.63, 3.8) is 0 Å². The Hall–Kier alpha value is -0.820. The zero-order chi connectivity index (χ0) is 16.8. The summed E-state index contributed by atoms with van der Waals surface area (Å²) in [6.07, 6.45) is 14.4. The molecule has 3 rings (SSSR count). The van der Waals surface area contributed by atoms with Crippen molar-refractivity contribution >= 4 is 0 Å². The van der Waals surface area contributed by atoms with E-state index in [1.54, 1.807) is 0 Å². The third-order valence-electron chi connectivity index (χ3n) is 6.42. The summed E-state index contributed by atoms with van der Waals surface area (Å²) in [5.74, 6) is 2.73. The predicted molar refractivity (Wildman–Crippen MR) is 102 cm³/mol. The van der Waals surface area contributed by atoms with Gasteiger partial charge in [0.05, 0.1) is 6.10 Å². The highest BCUT2D eigenvalue weighted by atomic mass is 16.5. The van der Waals surface area contributed by atoms with Gasteiger partial charge in [-0.05, 0) is 68.8 Å². The van der Waals surface area contributed by atoms with Gasteiger partial charge in [-0.25, -0.2) is 0 Å². The van der Waals surface area contributed by atoms with E-state index in [-0.39, 0.29) is 0 Å². The third kappa shape index (κ3) is 5.62. The van der Waals surface area contributed by atoms with E-state index in [1.165, 1.54) is 75.3 Å². The number of rotatable bonds is 6. The van der Waals surface area contributed by atoms with Crippen molar-refractivity contribution in [2.45, 2.75) is 84.2 Å². The maximum Gasteiger partial charge on any atom is 0.0575 e. The molecule has 0 aromatic heterocycles. The van der Waals surface area contributed by atoms with Gasteiger partial charge < -0.3 is 4.74 Å². The molecular weight excluding hydrogens is 292 g/mol. The van der Waals surface area contributed by atoms with Gasteiger partial charge in [0.1, 0.15) is 0 Å². The van der Waals surface area contributed by atoms with Crippen molar-refractivity contribution in [1.82, 2.24) is 0 Å². The Bertz CT molecular complexity index is 461. The second kappa shape index (κ2) is 9.04. The van der Waals surface area contributed by atoms with Gasteiger partial charge in [-0.2, -0.15) is 0 Å². The van der Waals surface area contributed by atoms with Crippen molar-refractivity contribution in [2.75, 3.05) is 6.61 Å². The van der Waals surface area contributed by atoms with Crippen LogP contribution in [0, 0.1) is 24.7 Å². The Labute approximate surface area is 149 Å². The van der Waals surface area contributed by atoms with Gasteiger partial charge >= 0.3 is 0 Å². The van der Waals surface area contributed by atoms with Crippen LogP contribution in [0.4, 0.5) is 0 Å². The maximum atomic E-state index is 6.00. The lowest BCUT2D eigenvalue weighted by molar-refractivity contribution is -0.0189. The van der Waals surface area contributed by atoms with Gasteiger partial charge in [-0.15, -0.1) is 0 Å². The first kappa shape index (κ1) is 18.0. The Kier molecular flexibility index (Phi) is 6.77. The minimum atomic E-state index is 0.570. The Morgan fingerprint density at radius 2 is 1.50 bits per heavy atom. The normalized spacial score (nSPS) is 31.1. The molecule has 1 heterocycles. The molecule has 1 aliphatic carbocycles. The van der Waals surface area contributed by atoms with Gasteiger partial charge in [0, 0.05) is 6.61 Å². The van der Waals surface area contributed by atoms with Gasteiger partial charge in [0.15, 0.2) is 0 Å². The summed E-state index contributed by atoms with van der Waals surface area (Å²) in [6, 6.07) is 9.12. The van der Waals surface area contributed by atoms with Crippen molar-refractivity contribution in [3.05, 3.63) is 35.4 Å². The summed E-state index contributed by atoms with van der Waals surface area (Å²) < 4.78 is 6.00. The number of benzene rings is 1. The fourth-order valence-electron chi connectivity index (χ4n) is 4.52. The fraction of sp³-hybridized carbons (Fsp3) is 0.739. The first-order valence-electron chi connectivity index (χ1n) is 10.4. The molecule has 134 valence electrons. The van der Waals surface area contributed by atoms with Crippen LogP contribution >= 0.6 is 0 Å². The second-order valence-corrected chi connectivity index (χ2v) is 8.63. The molecule has 24 heavy (non-hydrogen) atoms. The molecule has 0 bridgehead atoms. The number of aryl methyl sites for hydroxylation is 2. The highest BCUT2D eigenvalue weighted by Crippen LogP contribution is 2.35. The van der Waals surface area contributed by atoms with Gasteiger partial charge in [-0.1, -0.05) is 62.4 Å². The molecular formula is C23H36O. The molecule has 0 amide bonds. The molecule has 1 heteroatoms. The molecule has 0 radical (unpaired) electrons. The van der Waals surface area contributed by atoms with Crippen LogP contribution in [0.1, 0.15) is 75.8 Å². The summed E-state index contributed by atoms with van der Waals surface area (Å²) in [6.45, 7) is 5.48. The summed E-state index contributed by atoms with van der Waals surface area (Å²) in [7, 11) is 0. The third-order valence-corrected chi connectivity index (χ3v) is 6.42. The largest absolute Gasteiger partial charge is 0.378 e. The Balaban J connectivity index is 1.30. The molecule has 1 aromatic carbocycles. The number of hydrogen-bond acceptors (Lipinski definition) is 1. The van der Waals surface area contributed by atoms with E-state index in [1.807, 2.05) is 0 Å². The van der Waals surface area contributed by atoms with E-state index in [0.29, 0.717) is 6.10 Å². The Morgan fingerprint density at radius 3 is 2.12 bits per heavy atom. The van der Waals surface area contributed by atoms with Crippen LogP contribution in [-0.4, -0.2) is 12.7 Å². The van der Waals surface area contributed by atoms with E-state index >= 15 is 0 Å². The minimum absolute atomic E-state index is 0.570. The van der Waals surface area contributed by atoms with Crippen molar-refractivity contribution in [1.29, 1.82) is 0 Å². The van der Waals surface area contributed by atoms with E-state index in [9.17, 15) is 0 Å². The average Bonchev–Trinajstić information content (AvgIpc) is 2.62. The summed E-state index contributed by atoms with van der Waals surface area (Å²) in [5, 5.41) is 0. The lowest BCUT2D eigenvalue weighted by Crippen LogP contribution is -2.25. The van der Waals surface area contributed by atoms with Crippen LogP contribution in [0.15, 0.2) is 24.3 Å². The molecule has 1 saturated carbocycles. The Morgan fingerprint density at radius 1 is 0.833 bits per heavy atom. The molecule has 2 aliphatic rings. The van der Waals surface area contributed by atoms with Crippen LogP contribution in [-0.2, 0) is 11.2 Å². The molecule has 0 N–H and O–H groups in total. The topological polar surface area (TPSA) is 9.23 Å². The average molecular weight is 329 g/mol.